The molecule has 0 saturated carbocycles. The number of rotatable bonds is 3. The number of likely N-dealkylation sites (tertiary alicyclic amines) is 1. The number of aromatic nitrogens is 1. The van der Waals surface area contributed by atoms with Gasteiger partial charge in [-0.3, -0.25) is 4.90 Å². The second kappa shape index (κ2) is 6.88. The van der Waals surface area contributed by atoms with E-state index in [1.807, 2.05) is 0 Å². The molecule has 4 rings (SSSR count). The molecule has 2 aromatic carbocycles. The van der Waals surface area contributed by atoms with Gasteiger partial charge in [0.15, 0.2) is 23.0 Å². The molecule has 1 fully saturated rings. The average Bonchev–Trinajstić information content (AvgIpc) is 3.07. The third-order valence-corrected chi connectivity index (χ3v) is 5.28. The van der Waals surface area contributed by atoms with Crippen LogP contribution < -0.4 is 0 Å². The van der Waals surface area contributed by atoms with E-state index in [0.717, 1.165) is 31.5 Å². The van der Waals surface area contributed by atoms with Gasteiger partial charge in [0.1, 0.15) is 11.4 Å². The number of hydrogen-bond donors (Lipinski definition) is 1. The molecular formula is C20H19F3N2O2. The summed E-state index contributed by atoms with van der Waals surface area (Å²) >= 11 is 0. The summed E-state index contributed by atoms with van der Waals surface area (Å²) in [5.74, 6) is -4.02. The van der Waals surface area contributed by atoms with Gasteiger partial charge in [0, 0.05) is 18.2 Å². The molecule has 2 heterocycles. The Balaban J connectivity index is 1.78. The maximum Gasteiger partial charge on any atom is 0.194 e. The molecule has 1 aromatic heterocycles. The molecule has 4 nitrogen and oxygen atoms in total. The SMILES string of the molecule is CC1CCCCN1Cc1c(O)ccc2c(-c3cc(F)c(F)c(F)c3)noc12. The van der Waals surface area contributed by atoms with Gasteiger partial charge in [0.25, 0.3) is 0 Å². The van der Waals surface area contributed by atoms with Crippen molar-refractivity contribution < 1.29 is 22.8 Å². The summed E-state index contributed by atoms with van der Waals surface area (Å²) in [5.41, 5.74) is 1.24. The molecule has 1 N–H and O–H groups in total. The molecule has 7 heteroatoms. The van der Waals surface area contributed by atoms with Gasteiger partial charge in [-0.2, -0.15) is 0 Å². The van der Waals surface area contributed by atoms with E-state index < -0.39 is 17.5 Å². The number of halogens is 3. The molecule has 0 bridgehead atoms. The van der Waals surface area contributed by atoms with E-state index in [2.05, 4.69) is 17.0 Å². The van der Waals surface area contributed by atoms with E-state index in [4.69, 9.17) is 4.52 Å². The quantitative estimate of drug-likeness (QED) is 0.654. The summed E-state index contributed by atoms with van der Waals surface area (Å²) in [5, 5.41) is 14.8. The number of nitrogens with zero attached hydrogens (tertiary/aromatic N) is 2. The zero-order chi connectivity index (χ0) is 19.1. The topological polar surface area (TPSA) is 49.5 Å². The maximum atomic E-state index is 13.6. The molecule has 0 amide bonds. The van der Waals surface area contributed by atoms with Crippen molar-refractivity contribution in [3.8, 4) is 17.0 Å². The van der Waals surface area contributed by atoms with Crippen molar-refractivity contribution in [3.63, 3.8) is 0 Å². The van der Waals surface area contributed by atoms with Crippen molar-refractivity contribution in [1.82, 2.24) is 10.1 Å². The molecule has 3 aromatic rings. The number of fused-ring (bicyclic) bond motifs is 1. The minimum Gasteiger partial charge on any atom is -0.507 e. The van der Waals surface area contributed by atoms with Crippen LogP contribution in [0.2, 0.25) is 0 Å². The monoisotopic (exact) mass is 376 g/mol. The second-order valence-electron chi connectivity index (χ2n) is 7.04. The average molecular weight is 376 g/mol. The second-order valence-corrected chi connectivity index (χ2v) is 7.04. The first-order valence-corrected chi connectivity index (χ1v) is 8.95. The van der Waals surface area contributed by atoms with E-state index in [1.54, 1.807) is 6.07 Å². The molecule has 1 unspecified atom stereocenters. The minimum atomic E-state index is -1.52. The van der Waals surface area contributed by atoms with E-state index in [1.165, 1.54) is 12.5 Å². The smallest absolute Gasteiger partial charge is 0.194 e. The first-order valence-electron chi connectivity index (χ1n) is 8.95. The lowest BCUT2D eigenvalue weighted by molar-refractivity contribution is 0.151. The standard InChI is InChI=1S/C20H19F3N2O2/c1-11-4-2-3-7-25(11)10-14-17(26)6-5-13-19(24-27-20(13)14)12-8-15(21)18(23)16(22)9-12/h5-6,8-9,11,26H,2-4,7,10H2,1H3. The van der Waals surface area contributed by atoms with Crippen LogP contribution in [0.3, 0.4) is 0 Å². The highest BCUT2D eigenvalue weighted by atomic mass is 19.2. The molecule has 1 atom stereocenters. The van der Waals surface area contributed by atoms with E-state index in [-0.39, 0.29) is 17.0 Å². The number of hydrogen-bond acceptors (Lipinski definition) is 4. The fourth-order valence-corrected chi connectivity index (χ4v) is 3.70. The first-order chi connectivity index (χ1) is 13.0. The Labute approximate surface area is 154 Å². The van der Waals surface area contributed by atoms with Gasteiger partial charge >= 0.3 is 0 Å². The Morgan fingerprint density at radius 2 is 1.93 bits per heavy atom. The number of phenolic OH excluding ortho intramolecular Hbond substituents is 1. The van der Waals surface area contributed by atoms with Crippen LogP contribution in [-0.4, -0.2) is 27.7 Å². The van der Waals surface area contributed by atoms with Gasteiger partial charge in [0.2, 0.25) is 0 Å². The highest BCUT2D eigenvalue weighted by molar-refractivity contribution is 5.94. The van der Waals surface area contributed by atoms with Crippen molar-refractivity contribution in [2.45, 2.75) is 38.8 Å². The van der Waals surface area contributed by atoms with Crippen molar-refractivity contribution in [2.75, 3.05) is 6.54 Å². The van der Waals surface area contributed by atoms with Crippen molar-refractivity contribution in [3.05, 3.63) is 47.3 Å². The number of benzene rings is 2. The highest BCUT2D eigenvalue weighted by Crippen LogP contribution is 2.36. The zero-order valence-corrected chi connectivity index (χ0v) is 14.8. The molecule has 1 saturated heterocycles. The lowest BCUT2D eigenvalue weighted by Crippen LogP contribution is -2.36. The summed E-state index contributed by atoms with van der Waals surface area (Å²) < 4.78 is 45.9. The lowest BCUT2D eigenvalue weighted by atomic mass is 10.0. The third-order valence-electron chi connectivity index (χ3n) is 5.28. The normalized spacial score (nSPS) is 18.3. The fraction of sp³-hybridized carbons (Fsp3) is 0.350. The van der Waals surface area contributed by atoms with Crippen LogP contribution >= 0.6 is 0 Å². The predicted octanol–water partition coefficient (Wildman–Crippen LogP) is 4.99. The zero-order valence-electron chi connectivity index (χ0n) is 14.8. The van der Waals surface area contributed by atoms with Gasteiger partial charge in [-0.1, -0.05) is 11.6 Å². The van der Waals surface area contributed by atoms with Crippen LogP contribution in [0.15, 0.2) is 28.8 Å². The van der Waals surface area contributed by atoms with E-state index in [0.29, 0.717) is 29.1 Å². The Morgan fingerprint density at radius 1 is 1.19 bits per heavy atom. The number of phenols is 1. The largest absolute Gasteiger partial charge is 0.507 e. The number of piperidine rings is 1. The molecule has 27 heavy (non-hydrogen) atoms. The third kappa shape index (κ3) is 3.16. The van der Waals surface area contributed by atoms with Crippen LogP contribution in [0.1, 0.15) is 31.7 Å². The van der Waals surface area contributed by atoms with Crippen molar-refractivity contribution >= 4 is 11.0 Å². The minimum absolute atomic E-state index is 0.0770. The van der Waals surface area contributed by atoms with Crippen LogP contribution in [0.4, 0.5) is 13.2 Å². The van der Waals surface area contributed by atoms with Gasteiger partial charge in [-0.05, 0) is 50.6 Å². The molecule has 0 radical (unpaired) electrons. The van der Waals surface area contributed by atoms with Crippen LogP contribution in [-0.2, 0) is 6.54 Å². The summed E-state index contributed by atoms with van der Waals surface area (Å²) in [6.07, 6.45) is 3.37. The summed E-state index contributed by atoms with van der Waals surface area (Å²) in [6, 6.07) is 5.25. The van der Waals surface area contributed by atoms with Crippen molar-refractivity contribution in [2.24, 2.45) is 0 Å². The number of aromatic hydroxyl groups is 1. The van der Waals surface area contributed by atoms with E-state index in [9.17, 15) is 18.3 Å². The Morgan fingerprint density at radius 3 is 2.63 bits per heavy atom. The maximum absolute atomic E-state index is 13.6. The molecule has 142 valence electrons. The van der Waals surface area contributed by atoms with Gasteiger partial charge in [-0.25, -0.2) is 13.2 Å². The molecular weight excluding hydrogens is 357 g/mol. The Hall–Kier alpha value is -2.54. The Kier molecular flexibility index (Phi) is 4.55. The highest BCUT2D eigenvalue weighted by Gasteiger charge is 2.24. The van der Waals surface area contributed by atoms with Gasteiger partial charge in [0.05, 0.1) is 10.9 Å². The summed E-state index contributed by atoms with van der Waals surface area (Å²) in [7, 11) is 0. The lowest BCUT2D eigenvalue weighted by Gasteiger charge is -2.33. The Bertz CT molecular complexity index is 979. The fourth-order valence-electron chi connectivity index (χ4n) is 3.70. The van der Waals surface area contributed by atoms with Crippen molar-refractivity contribution in [1.29, 1.82) is 0 Å². The van der Waals surface area contributed by atoms with E-state index >= 15 is 0 Å². The van der Waals surface area contributed by atoms with Gasteiger partial charge in [-0.15, -0.1) is 0 Å². The molecule has 0 aliphatic carbocycles. The summed E-state index contributed by atoms with van der Waals surface area (Å²) in [4.78, 5) is 2.26. The molecule has 1 aliphatic rings. The first kappa shape index (κ1) is 17.9. The molecule has 0 spiro atoms. The van der Waals surface area contributed by atoms with Crippen LogP contribution in [0, 0.1) is 17.5 Å². The van der Waals surface area contributed by atoms with Crippen LogP contribution in [0.25, 0.3) is 22.2 Å². The summed E-state index contributed by atoms with van der Waals surface area (Å²) in [6.45, 7) is 3.56. The van der Waals surface area contributed by atoms with Crippen LogP contribution in [0.5, 0.6) is 5.75 Å². The molecule has 1 aliphatic heterocycles. The van der Waals surface area contributed by atoms with Gasteiger partial charge < -0.3 is 9.63 Å². The predicted molar refractivity (Wildman–Crippen MR) is 94.7 cm³/mol.